The molecule has 0 fully saturated rings. The normalized spacial score (nSPS) is 13.1. The number of fused-ring (bicyclic) bond motifs is 7. The van der Waals surface area contributed by atoms with E-state index in [1.54, 1.807) is 0 Å². The maximum atomic E-state index is 2.46. The zero-order valence-electron chi connectivity index (χ0n) is 28.6. The van der Waals surface area contributed by atoms with Crippen LogP contribution in [0.4, 0.5) is 17.1 Å². The Hall–Kier alpha value is -5.96. The molecule has 0 aliphatic heterocycles. The first-order valence-electron chi connectivity index (χ1n) is 17.7. The second-order valence-electron chi connectivity index (χ2n) is 14.1. The maximum absolute atomic E-state index is 2.46. The van der Waals surface area contributed by atoms with Gasteiger partial charge in [0.1, 0.15) is 0 Å². The number of hydrogen-bond donors (Lipinski definition) is 0. The van der Waals surface area contributed by atoms with E-state index in [1.165, 1.54) is 75.5 Å². The highest BCUT2D eigenvalue weighted by Crippen LogP contribution is 2.51. The Labute approximate surface area is 302 Å². The minimum absolute atomic E-state index is 0.0996. The van der Waals surface area contributed by atoms with Crippen molar-refractivity contribution in [1.82, 2.24) is 0 Å². The third kappa shape index (κ3) is 4.75. The molecular formula is C49H35NS. The third-order valence-corrected chi connectivity index (χ3v) is 12.0. The number of anilines is 3. The van der Waals surface area contributed by atoms with Gasteiger partial charge in [-0.25, -0.2) is 0 Å². The van der Waals surface area contributed by atoms with Gasteiger partial charge in [-0.3, -0.25) is 0 Å². The minimum atomic E-state index is -0.0996. The van der Waals surface area contributed by atoms with Gasteiger partial charge in [-0.1, -0.05) is 147 Å². The molecule has 1 nitrogen and oxygen atoms in total. The van der Waals surface area contributed by atoms with Gasteiger partial charge in [0, 0.05) is 42.5 Å². The maximum Gasteiger partial charge on any atom is 0.0540 e. The topological polar surface area (TPSA) is 3.24 Å². The number of rotatable bonds is 5. The molecule has 0 amide bonds. The van der Waals surface area contributed by atoms with E-state index in [1.807, 2.05) is 11.3 Å². The number of hydrogen-bond acceptors (Lipinski definition) is 2. The first-order valence-corrected chi connectivity index (χ1v) is 18.5. The molecule has 9 aromatic rings. The smallest absolute Gasteiger partial charge is 0.0540 e. The molecular weight excluding hydrogens is 635 g/mol. The fourth-order valence-corrected chi connectivity index (χ4v) is 9.48. The summed E-state index contributed by atoms with van der Waals surface area (Å²) in [5, 5.41) is 5.17. The Bertz CT molecular complexity index is 2780. The number of thiophene rings is 1. The monoisotopic (exact) mass is 669 g/mol. The van der Waals surface area contributed by atoms with Crippen LogP contribution in [0.5, 0.6) is 0 Å². The van der Waals surface area contributed by atoms with E-state index in [4.69, 9.17) is 0 Å². The van der Waals surface area contributed by atoms with Crippen molar-refractivity contribution in [3.8, 4) is 33.4 Å². The predicted octanol–water partition coefficient (Wildman–Crippen LogP) is 14.3. The lowest BCUT2D eigenvalue weighted by atomic mass is 9.82. The summed E-state index contributed by atoms with van der Waals surface area (Å²) in [4.78, 5) is 2.46. The van der Waals surface area contributed by atoms with Gasteiger partial charge in [0.05, 0.1) is 5.69 Å². The standard InChI is InChI=1S/C49H35NS/c1-49(2)44-19-8-5-16-40(44)41-29-27-36(31-45(41)49)50(35-25-22-33(23-26-35)38-18-11-13-32-12-3-4-14-37(32)38)46-20-9-6-15-39(46)34-24-28-43-42-17-7-10-21-47(42)51-48(43)30-34/h3-31H,1-2H3. The van der Waals surface area contributed by atoms with E-state index in [0.29, 0.717) is 0 Å². The van der Waals surface area contributed by atoms with Crippen molar-refractivity contribution >= 4 is 59.3 Å². The van der Waals surface area contributed by atoms with Crippen molar-refractivity contribution in [3.05, 3.63) is 187 Å². The molecule has 8 aromatic carbocycles. The Kier molecular flexibility index (Phi) is 6.78. The van der Waals surface area contributed by atoms with E-state index in [2.05, 4.69) is 195 Å². The van der Waals surface area contributed by atoms with Crippen LogP contribution in [0.15, 0.2) is 176 Å². The lowest BCUT2D eigenvalue weighted by Crippen LogP contribution is -2.16. The molecule has 0 bridgehead atoms. The second kappa shape index (κ2) is 11.6. The molecule has 1 heterocycles. The number of nitrogens with zero attached hydrogens (tertiary/aromatic N) is 1. The lowest BCUT2D eigenvalue weighted by molar-refractivity contribution is 0.660. The van der Waals surface area contributed by atoms with Crippen LogP contribution in [0.25, 0.3) is 64.3 Å². The van der Waals surface area contributed by atoms with Gasteiger partial charge >= 0.3 is 0 Å². The fraction of sp³-hybridized carbons (Fsp3) is 0.0612. The summed E-state index contributed by atoms with van der Waals surface area (Å²) >= 11 is 1.87. The van der Waals surface area contributed by atoms with Crippen LogP contribution in [-0.2, 0) is 5.41 Å². The van der Waals surface area contributed by atoms with Gasteiger partial charge < -0.3 is 4.90 Å². The first kappa shape index (κ1) is 29.9. The molecule has 0 N–H and O–H groups in total. The summed E-state index contributed by atoms with van der Waals surface area (Å²) in [6.07, 6.45) is 0. The van der Waals surface area contributed by atoms with Crippen LogP contribution in [0.1, 0.15) is 25.0 Å². The summed E-state index contributed by atoms with van der Waals surface area (Å²) in [6, 6.07) is 64.9. The van der Waals surface area contributed by atoms with Crippen LogP contribution in [0.2, 0.25) is 0 Å². The minimum Gasteiger partial charge on any atom is -0.310 e. The average Bonchev–Trinajstić information content (AvgIpc) is 3.66. The Morgan fingerprint density at radius 1 is 0.412 bits per heavy atom. The summed E-state index contributed by atoms with van der Waals surface area (Å²) in [7, 11) is 0. The first-order chi connectivity index (χ1) is 25.0. The molecule has 0 saturated carbocycles. The fourth-order valence-electron chi connectivity index (χ4n) is 8.33. The highest BCUT2D eigenvalue weighted by atomic mass is 32.1. The Balaban J connectivity index is 1.15. The van der Waals surface area contributed by atoms with Crippen LogP contribution >= 0.6 is 11.3 Å². The predicted molar refractivity (Wildman–Crippen MR) is 220 cm³/mol. The van der Waals surface area contributed by atoms with Gasteiger partial charge in [0.2, 0.25) is 0 Å². The molecule has 10 rings (SSSR count). The van der Waals surface area contributed by atoms with Crippen LogP contribution in [0, 0.1) is 0 Å². The van der Waals surface area contributed by atoms with Crippen molar-refractivity contribution in [2.75, 3.05) is 4.90 Å². The molecule has 1 aliphatic carbocycles. The number of benzene rings is 8. The van der Waals surface area contributed by atoms with Gasteiger partial charge in [-0.15, -0.1) is 11.3 Å². The molecule has 242 valence electrons. The highest BCUT2D eigenvalue weighted by Gasteiger charge is 2.35. The molecule has 0 unspecified atom stereocenters. The average molecular weight is 670 g/mol. The van der Waals surface area contributed by atoms with Crippen LogP contribution in [0.3, 0.4) is 0 Å². The second-order valence-corrected chi connectivity index (χ2v) is 15.2. The van der Waals surface area contributed by atoms with Crippen molar-refractivity contribution in [1.29, 1.82) is 0 Å². The molecule has 0 radical (unpaired) electrons. The van der Waals surface area contributed by atoms with E-state index in [-0.39, 0.29) is 5.41 Å². The Morgan fingerprint density at radius 3 is 1.92 bits per heavy atom. The van der Waals surface area contributed by atoms with Gasteiger partial charge in [-0.2, -0.15) is 0 Å². The SMILES string of the molecule is CC1(C)c2ccccc2-c2ccc(N(c3ccc(-c4cccc5ccccc45)cc3)c3ccccc3-c3ccc4c(c3)sc3ccccc34)cc21. The molecule has 1 aromatic heterocycles. The largest absolute Gasteiger partial charge is 0.310 e. The molecule has 0 atom stereocenters. The van der Waals surface area contributed by atoms with Gasteiger partial charge in [-0.05, 0) is 92.2 Å². The van der Waals surface area contributed by atoms with Gasteiger partial charge in [0.25, 0.3) is 0 Å². The summed E-state index contributed by atoms with van der Waals surface area (Å²) in [5.41, 5.74) is 13.6. The zero-order chi connectivity index (χ0) is 34.1. The van der Waals surface area contributed by atoms with E-state index in [9.17, 15) is 0 Å². The molecule has 0 saturated heterocycles. The zero-order valence-corrected chi connectivity index (χ0v) is 29.4. The van der Waals surface area contributed by atoms with Crippen LogP contribution in [-0.4, -0.2) is 0 Å². The Morgan fingerprint density at radius 2 is 1.04 bits per heavy atom. The summed E-state index contributed by atoms with van der Waals surface area (Å²) < 4.78 is 2.64. The lowest BCUT2D eigenvalue weighted by Gasteiger charge is -2.30. The molecule has 1 aliphatic rings. The highest BCUT2D eigenvalue weighted by molar-refractivity contribution is 7.25. The molecule has 0 spiro atoms. The van der Waals surface area contributed by atoms with E-state index >= 15 is 0 Å². The quantitative estimate of drug-likeness (QED) is 0.176. The molecule has 2 heteroatoms. The van der Waals surface area contributed by atoms with Crippen molar-refractivity contribution in [2.45, 2.75) is 19.3 Å². The number of para-hydroxylation sites is 1. The van der Waals surface area contributed by atoms with Crippen LogP contribution < -0.4 is 4.90 Å². The summed E-state index contributed by atoms with van der Waals surface area (Å²) in [6.45, 7) is 4.72. The molecule has 51 heavy (non-hydrogen) atoms. The van der Waals surface area contributed by atoms with Crippen molar-refractivity contribution in [3.63, 3.8) is 0 Å². The van der Waals surface area contributed by atoms with Crippen molar-refractivity contribution < 1.29 is 0 Å². The van der Waals surface area contributed by atoms with Crippen molar-refractivity contribution in [2.24, 2.45) is 0 Å². The summed E-state index contributed by atoms with van der Waals surface area (Å²) in [5.74, 6) is 0. The van der Waals surface area contributed by atoms with E-state index in [0.717, 1.165) is 17.1 Å². The third-order valence-electron chi connectivity index (χ3n) is 10.9. The van der Waals surface area contributed by atoms with Gasteiger partial charge in [0.15, 0.2) is 0 Å². The van der Waals surface area contributed by atoms with E-state index < -0.39 is 0 Å².